The molecule has 4 heteroatoms. The molecule has 90 valence electrons. The summed E-state index contributed by atoms with van der Waals surface area (Å²) >= 11 is 1.66. The highest BCUT2D eigenvalue weighted by Gasteiger charge is 2.19. The smallest absolute Gasteiger partial charge is 0.138 e. The average Bonchev–Trinajstić information content (AvgIpc) is 2.83. The van der Waals surface area contributed by atoms with Crippen molar-refractivity contribution in [3.05, 3.63) is 23.8 Å². The largest absolute Gasteiger partial charge is 0.487 e. The molecule has 0 bridgehead atoms. The van der Waals surface area contributed by atoms with Crippen LogP contribution in [0.4, 0.5) is 0 Å². The molecule has 1 unspecified atom stereocenters. The maximum absolute atomic E-state index is 9.23. The van der Waals surface area contributed by atoms with Gasteiger partial charge in [-0.1, -0.05) is 13.0 Å². The summed E-state index contributed by atoms with van der Waals surface area (Å²) in [5.74, 6) is 1.63. The number of rotatable bonds is 4. The minimum Gasteiger partial charge on any atom is -0.487 e. The molecule has 1 aromatic rings. The third-order valence-corrected chi connectivity index (χ3v) is 3.52. The van der Waals surface area contributed by atoms with Crippen LogP contribution in [0, 0.1) is 11.3 Å². The molecule has 0 aromatic heterocycles. The second kappa shape index (κ2) is 5.95. The Balaban J connectivity index is 2.20. The number of thioether (sulfide) groups is 1. The zero-order valence-corrected chi connectivity index (χ0v) is 10.6. The van der Waals surface area contributed by atoms with Crippen molar-refractivity contribution in [2.75, 3.05) is 19.0 Å². The number of benzene rings is 1. The van der Waals surface area contributed by atoms with Crippen LogP contribution in [0.1, 0.15) is 18.9 Å². The lowest BCUT2D eigenvalue weighted by atomic mass is 10.2. The summed E-state index contributed by atoms with van der Waals surface area (Å²) in [6, 6.07) is 7.99. The van der Waals surface area contributed by atoms with Gasteiger partial charge in [-0.3, -0.25) is 0 Å². The van der Waals surface area contributed by atoms with Gasteiger partial charge >= 0.3 is 0 Å². The topological polar surface area (TPSA) is 42.2 Å². The Morgan fingerprint density at radius 3 is 3.12 bits per heavy atom. The number of hydrogen-bond acceptors (Lipinski definition) is 4. The van der Waals surface area contributed by atoms with E-state index in [1.807, 2.05) is 18.2 Å². The van der Waals surface area contributed by atoms with Crippen molar-refractivity contribution >= 4 is 11.8 Å². The van der Waals surface area contributed by atoms with E-state index in [4.69, 9.17) is 9.47 Å². The van der Waals surface area contributed by atoms with Gasteiger partial charge < -0.3 is 9.47 Å². The predicted octanol–water partition coefficient (Wildman–Crippen LogP) is 2.84. The first-order valence-electron chi connectivity index (χ1n) is 5.75. The molecular formula is C13H15NO2S. The Hall–Kier alpha value is -1.18. The normalized spacial score (nSPS) is 18.9. The molecule has 17 heavy (non-hydrogen) atoms. The van der Waals surface area contributed by atoms with E-state index < -0.39 is 0 Å². The van der Waals surface area contributed by atoms with Gasteiger partial charge in [-0.25, -0.2) is 0 Å². The molecule has 0 aliphatic carbocycles. The maximum Gasteiger partial charge on any atom is 0.138 e. The molecule has 0 saturated carbocycles. The summed E-state index contributed by atoms with van der Waals surface area (Å²) in [6.45, 7) is 3.44. The quantitative estimate of drug-likeness (QED) is 0.769. The Kier molecular flexibility index (Phi) is 4.29. The van der Waals surface area contributed by atoms with Crippen molar-refractivity contribution in [2.45, 2.75) is 24.3 Å². The fraction of sp³-hybridized carbons (Fsp3) is 0.462. The van der Waals surface area contributed by atoms with Gasteiger partial charge in [-0.2, -0.15) is 5.26 Å². The van der Waals surface area contributed by atoms with Crippen LogP contribution in [0.25, 0.3) is 0 Å². The number of ether oxygens (including phenoxy) is 2. The Labute approximate surface area is 106 Å². The fourth-order valence-corrected chi connectivity index (χ4v) is 2.56. The van der Waals surface area contributed by atoms with E-state index in [0.29, 0.717) is 17.9 Å². The van der Waals surface area contributed by atoms with Crippen molar-refractivity contribution in [3.8, 4) is 11.8 Å². The number of nitriles is 1. The van der Waals surface area contributed by atoms with Crippen LogP contribution in [0.2, 0.25) is 0 Å². The monoisotopic (exact) mass is 249 g/mol. The average molecular weight is 249 g/mol. The minimum atomic E-state index is 0.0870. The molecule has 0 N–H and O–H groups in total. The van der Waals surface area contributed by atoms with Gasteiger partial charge in [0.15, 0.2) is 0 Å². The summed E-state index contributed by atoms with van der Waals surface area (Å²) in [6.07, 6.45) is 0.986. The van der Waals surface area contributed by atoms with Crippen molar-refractivity contribution in [1.29, 1.82) is 5.26 Å². The van der Waals surface area contributed by atoms with Crippen LogP contribution >= 0.6 is 11.8 Å². The summed E-state index contributed by atoms with van der Waals surface area (Å²) in [5, 5.41) is 9.23. The van der Waals surface area contributed by atoms with E-state index in [1.165, 1.54) is 0 Å². The summed E-state index contributed by atoms with van der Waals surface area (Å²) in [7, 11) is 0. The van der Waals surface area contributed by atoms with Crippen molar-refractivity contribution in [2.24, 2.45) is 0 Å². The molecule has 1 aliphatic rings. The van der Waals surface area contributed by atoms with Gasteiger partial charge in [0.2, 0.25) is 0 Å². The molecule has 0 spiro atoms. The number of hydrogen-bond donors (Lipinski definition) is 0. The van der Waals surface area contributed by atoms with Gasteiger partial charge in [0.05, 0.1) is 13.2 Å². The molecule has 1 heterocycles. The molecular weight excluding hydrogens is 234 g/mol. The summed E-state index contributed by atoms with van der Waals surface area (Å²) < 4.78 is 11.1. The van der Waals surface area contributed by atoms with Crippen LogP contribution in [0.5, 0.6) is 5.75 Å². The van der Waals surface area contributed by atoms with Crippen LogP contribution in [0.3, 0.4) is 0 Å². The van der Waals surface area contributed by atoms with Gasteiger partial charge in [-0.15, -0.1) is 11.8 Å². The Morgan fingerprint density at radius 1 is 1.59 bits per heavy atom. The van der Waals surface area contributed by atoms with Gasteiger partial charge in [0.25, 0.3) is 0 Å². The van der Waals surface area contributed by atoms with E-state index in [2.05, 4.69) is 13.0 Å². The minimum absolute atomic E-state index is 0.0870. The highest BCUT2D eigenvalue weighted by Crippen LogP contribution is 2.30. The van der Waals surface area contributed by atoms with Crippen LogP contribution < -0.4 is 4.74 Å². The Morgan fingerprint density at radius 2 is 2.47 bits per heavy atom. The molecule has 2 rings (SSSR count). The second-order valence-electron chi connectivity index (χ2n) is 3.78. The molecule has 0 radical (unpaired) electrons. The van der Waals surface area contributed by atoms with Crippen molar-refractivity contribution < 1.29 is 9.47 Å². The zero-order valence-electron chi connectivity index (χ0n) is 9.81. The second-order valence-corrected chi connectivity index (χ2v) is 5.08. The third-order valence-electron chi connectivity index (χ3n) is 2.58. The standard InChI is InChI=1S/C13H15NO2S/c1-2-17-13-5-3-4-12(11(13)8-14)16-10-6-7-15-9-10/h3-5,10H,2,6-7,9H2,1H3. The van der Waals surface area contributed by atoms with Crippen LogP contribution in [0.15, 0.2) is 23.1 Å². The summed E-state index contributed by atoms with van der Waals surface area (Å²) in [5.41, 5.74) is 0.645. The predicted molar refractivity (Wildman–Crippen MR) is 67.4 cm³/mol. The van der Waals surface area contributed by atoms with E-state index in [0.717, 1.165) is 23.7 Å². The summed E-state index contributed by atoms with van der Waals surface area (Å²) in [4.78, 5) is 0.992. The molecule has 1 aromatic carbocycles. The fourth-order valence-electron chi connectivity index (χ4n) is 1.78. The van der Waals surface area contributed by atoms with E-state index in [-0.39, 0.29) is 6.10 Å². The van der Waals surface area contributed by atoms with Crippen molar-refractivity contribution in [3.63, 3.8) is 0 Å². The van der Waals surface area contributed by atoms with E-state index in [1.54, 1.807) is 11.8 Å². The zero-order chi connectivity index (χ0) is 12.1. The molecule has 1 aliphatic heterocycles. The molecule has 1 fully saturated rings. The van der Waals surface area contributed by atoms with Gasteiger partial charge in [-0.05, 0) is 17.9 Å². The van der Waals surface area contributed by atoms with E-state index >= 15 is 0 Å². The lowest BCUT2D eigenvalue weighted by molar-refractivity contribution is 0.141. The molecule has 1 atom stereocenters. The number of nitrogens with zero attached hydrogens (tertiary/aromatic N) is 1. The van der Waals surface area contributed by atoms with Gasteiger partial charge in [0, 0.05) is 11.3 Å². The highest BCUT2D eigenvalue weighted by molar-refractivity contribution is 7.99. The first-order chi connectivity index (χ1) is 8.35. The first kappa shape index (κ1) is 12.3. The van der Waals surface area contributed by atoms with Crippen LogP contribution in [-0.2, 0) is 4.74 Å². The van der Waals surface area contributed by atoms with Crippen molar-refractivity contribution in [1.82, 2.24) is 0 Å². The van der Waals surface area contributed by atoms with Gasteiger partial charge in [0.1, 0.15) is 23.5 Å². The molecule has 3 nitrogen and oxygen atoms in total. The van der Waals surface area contributed by atoms with Crippen LogP contribution in [-0.4, -0.2) is 25.1 Å². The lowest BCUT2D eigenvalue weighted by Gasteiger charge is -2.14. The third kappa shape index (κ3) is 2.93. The maximum atomic E-state index is 9.23. The molecule has 0 amide bonds. The van der Waals surface area contributed by atoms with E-state index in [9.17, 15) is 5.26 Å². The SMILES string of the molecule is CCSc1cccc(OC2CCOC2)c1C#N. The first-order valence-corrected chi connectivity index (χ1v) is 6.74. The lowest BCUT2D eigenvalue weighted by Crippen LogP contribution is -2.16. The molecule has 1 saturated heterocycles. The Bertz CT molecular complexity index is 422. The highest BCUT2D eigenvalue weighted by atomic mass is 32.2.